The number of hydrogen-bond acceptors (Lipinski definition) is 20. The summed E-state index contributed by atoms with van der Waals surface area (Å²) < 4.78 is 68.1. The summed E-state index contributed by atoms with van der Waals surface area (Å²) in [4.78, 5) is 148. The maximum Gasteiger partial charge on any atom is 0.305 e. The van der Waals surface area contributed by atoms with Gasteiger partial charge in [-0.2, -0.15) is 16.8 Å². The average molecular weight is 1860 g/mol. The molecule has 712 valence electrons. The number of fused-ring (bicyclic) bond motifs is 3. The van der Waals surface area contributed by atoms with Crippen molar-refractivity contribution in [3.8, 4) is 5.75 Å². The van der Waals surface area contributed by atoms with Gasteiger partial charge in [0.25, 0.3) is 20.2 Å². The number of aliphatic hydroxyl groups excluding tert-OH is 2. The number of nitrogens with zero attached hydrogens (tertiary/aromatic N) is 1. The molecule has 2 heterocycles. The zero-order valence-electron chi connectivity index (χ0n) is 76.0. The van der Waals surface area contributed by atoms with Crippen LogP contribution in [0.4, 0.5) is 5.69 Å². The Morgan fingerprint density at radius 1 is 0.614 bits per heavy atom. The summed E-state index contributed by atoms with van der Waals surface area (Å²) in [5.41, 5.74) is 13.0. The molecule has 1 aliphatic heterocycles. The van der Waals surface area contributed by atoms with Crippen molar-refractivity contribution in [1.29, 1.82) is 5.41 Å². The third-order valence-electron chi connectivity index (χ3n) is 25.0. The van der Waals surface area contributed by atoms with Crippen molar-refractivity contribution in [2.45, 2.75) is 247 Å². The summed E-state index contributed by atoms with van der Waals surface area (Å²) in [6.45, 7) is 12.2. The fourth-order valence-electron chi connectivity index (χ4n) is 17.9. The third-order valence-corrected chi connectivity index (χ3v) is 26.7. The van der Waals surface area contributed by atoms with Gasteiger partial charge in [0.1, 0.15) is 17.6 Å². The van der Waals surface area contributed by atoms with Crippen molar-refractivity contribution in [2.75, 3.05) is 31.2 Å². The van der Waals surface area contributed by atoms with Gasteiger partial charge in [-0.15, -0.1) is 0 Å². The minimum absolute atomic E-state index is 0.0120. The van der Waals surface area contributed by atoms with E-state index in [4.69, 9.17) is 11.1 Å². The van der Waals surface area contributed by atoms with Gasteiger partial charge in [0.05, 0.1) is 53.5 Å². The van der Waals surface area contributed by atoms with Gasteiger partial charge in [-0.1, -0.05) is 170 Å². The maximum absolute atomic E-state index is 15.2. The lowest BCUT2D eigenvalue weighted by Crippen LogP contribution is -2.50. The van der Waals surface area contributed by atoms with Crippen LogP contribution in [0, 0.1) is 40.9 Å². The van der Waals surface area contributed by atoms with E-state index < -0.39 is 165 Å². The first-order chi connectivity index (χ1) is 62.8. The van der Waals surface area contributed by atoms with Gasteiger partial charge in [0.2, 0.25) is 23.6 Å². The molecule has 6 aromatic rings. The van der Waals surface area contributed by atoms with Gasteiger partial charge in [-0.05, 0) is 202 Å². The van der Waals surface area contributed by atoms with Crippen LogP contribution in [0.25, 0.3) is 17.0 Å². The number of nitrogens with two attached hydrogens (primary N) is 1. The molecule has 132 heavy (non-hydrogen) atoms. The van der Waals surface area contributed by atoms with E-state index in [1.165, 1.54) is 43.3 Å². The number of carbonyl (C=O) groups excluding carboxylic acids is 9. The van der Waals surface area contributed by atoms with Crippen LogP contribution in [0.1, 0.15) is 209 Å². The lowest BCUT2D eigenvalue weighted by Gasteiger charge is -2.29. The number of benzene rings is 5. The highest BCUT2D eigenvalue weighted by molar-refractivity contribution is 7.86. The number of aromatic hydroxyl groups is 1. The molecule has 3 aliphatic rings. The number of amides is 4. The number of aromatic amines is 1. The smallest absolute Gasteiger partial charge is 0.305 e. The lowest BCUT2D eigenvalue weighted by molar-refractivity contribution is -0.137. The maximum atomic E-state index is 15.2. The molecule has 5 aromatic carbocycles. The Bertz CT molecular complexity index is 5440. The van der Waals surface area contributed by atoms with E-state index in [2.05, 4.69) is 48.4 Å². The van der Waals surface area contributed by atoms with Crippen LogP contribution < -0.4 is 42.5 Å². The number of carboxylic acids is 1. The minimum Gasteiger partial charge on any atom is -0.508 e. The van der Waals surface area contributed by atoms with Gasteiger partial charge < -0.3 is 72.7 Å². The van der Waals surface area contributed by atoms with Gasteiger partial charge in [0, 0.05) is 109 Å². The highest BCUT2D eigenvalue weighted by Crippen LogP contribution is 2.49. The van der Waals surface area contributed by atoms with Crippen molar-refractivity contribution >= 4 is 107 Å². The van der Waals surface area contributed by atoms with Gasteiger partial charge in [-0.3, -0.25) is 57.7 Å². The third kappa shape index (κ3) is 31.9. The number of Topliss-reactive ketones (excluding diaryl/α,β-unsaturated/α-hetero) is 5. The number of guanidine groups is 1. The molecule has 16 N–H and O–H groups in total. The zero-order chi connectivity index (χ0) is 96.0. The number of carboxylic acid groups (broad SMARTS) is 1. The van der Waals surface area contributed by atoms with Crippen LogP contribution in [0.15, 0.2) is 185 Å². The number of unbranched alkanes of at least 4 members (excludes halogenated alkanes) is 2. The molecule has 9 rings (SSSR count). The van der Waals surface area contributed by atoms with E-state index in [-0.39, 0.29) is 123 Å². The Hall–Kier alpha value is -11.6. The number of para-hydroxylation sites is 1. The summed E-state index contributed by atoms with van der Waals surface area (Å²) in [5.74, 6) is -11.6. The predicted molar refractivity (Wildman–Crippen MR) is 505 cm³/mol. The Kier molecular flexibility index (Phi) is 39.3. The van der Waals surface area contributed by atoms with Gasteiger partial charge in [-0.25, -0.2) is 0 Å². The fourth-order valence-corrected chi connectivity index (χ4v) is 18.9. The first-order valence-corrected chi connectivity index (χ1v) is 48.5. The van der Waals surface area contributed by atoms with E-state index >= 15 is 19.2 Å². The SMILES string of the molecule is C=C(CCCCCN1/C(=C/C=C/C=C/C2=Cc3ccc(S(=O)(=O)O)cc3C2)C(C)(C)c2cc(S(=O)(=O)O)ccc21)N[C@H](CC[C@@H](CC1CCCCC1)C(=O)N[C@@H](Cc1ccccc1)C(=O)C[C@H](CO)C(=O)N[C@H](CCCNC(=N)N)C(=O)C[C@@H](Cc1ccc(O)cc1)C(=O)N[C@@H](CC(C)C)C(=O)C[C@@H](Cc1c[nH]c2ccccc12)C(=O)N[C@@H](CO)C(=O)CCCC(C)=O)CC(=O)O. The molecular formula is C100H130N10O20S2. The number of allylic oxidation sites excluding steroid dienone is 8. The molecule has 0 saturated heterocycles. The molecule has 1 saturated carbocycles. The molecule has 0 spiro atoms. The highest BCUT2D eigenvalue weighted by Gasteiger charge is 2.42. The number of H-pyrrole nitrogens is 1. The number of aromatic nitrogens is 1. The van der Waals surface area contributed by atoms with E-state index in [1.54, 1.807) is 60.8 Å². The second kappa shape index (κ2) is 49.8. The zero-order valence-corrected chi connectivity index (χ0v) is 77.7. The van der Waals surface area contributed by atoms with Crippen LogP contribution in [0.2, 0.25) is 0 Å². The molecule has 4 amide bonds. The standard InChI is InChI=1S/C100H130N10O20S2/c1-63(2)47-85(91(117)56-74(53-75-60-104-83-31-19-18-30-81(75)83)97(123)109-87(62-112)89(115)33-21-24-65(4)113)107-96(122)73(49-68-35-40-78(114)41-36-68)55-90(116)84(32-22-45-103-99(101)102)106-98(124)76(61-111)57-92(118)86(52-67-27-14-8-15-28-67)108-95(121)71(48-66-25-12-7-13-26-66)37-39-77(58-94(119)120)105-64(3)23-11-10-20-46-110-88-44-43-80(132(128,129)130)59-82(88)100(5,6)93(110)34-17-9-16-29-69-50-70-38-42-79(131(125,126)127)54-72(70)51-69/h8-9,14-19,27-31,34-36,38,40-44,50,54,59-60,63,66,71,73-74,76-77,84-87,104-105,111-112,114H,3,7,10-13,20-26,32-33,37,39,45-49,51-53,55-58,61-62H2,1-2,4-6H3,(H,106,124)(H,107,122)(H,108,121)(H,109,123)(H,119,120)(H4,101,102,103)(H,125,126,127)(H,128,129,130)/b17-9+,29-16+,93-34+/t71-,73+,74+,76+,77+,84+,85-,86-,87-/m0/s1. The molecule has 1 fully saturated rings. The molecular weight excluding hydrogens is 1730 g/mol. The number of aliphatic hydroxyl groups is 2. The van der Waals surface area contributed by atoms with Crippen LogP contribution in [0.3, 0.4) is 0 Å². The number of anilines is 1. The molecule has 30 nitrogen and oxygen atoms in total. The van der Waals surface area contributed by atoms with E-state index in [1.807, 2.05) is 88.4 Å². The van der Waals surface area contributed by atoms with E-state index in [9.17, 15) is 75.1 Å². The first-order valence-electron chi connectivity index (χ1n) is 45.7. The van der Waals surface area contributed by atoms with Crippen molar-refractivity contribution in [3.05, 3.63) is 209 Å². The van der Waals surface area contributed by atoms with Crippen LogP contribution in [-0.2, 0) is 99.3 Å². The van der Waals surface area contributed by atoms with Gasteiger partial charge in [0.15, 0.2) is 29.1 Å². The minimum atomic E-state index is -4.54. The number of rotatable bonds is 56. The number of ketones is 5. The van der Waals surface area contributed by atoms with Crippen molar-refractivity contribution < 1.29 is 94.3 Å². The Labute approximate surface area is 773 Å². The molecule has 0 unspecified atom stereocenters. The summed E-state index contributed by atoms with van der Waals surface area (Å²) in [6, 6.07) is 25.2. The molecule has 0 radical (unpaired) electrons. The van der Waals surface area contributed by atoms with E-state index in [0.717, 1.165) is 71.1 Å². The van der Waals surface area contributed by atoms with Crippen molar-refractivity contribution in [1.82, 2.24) is 36.9 Å². The first kappa shape index (κ1) is 104. The number of carbonyl (C=O) groups is 10. The van der Waals surface area contributed by atoms with Crippen LogP contribution in [-0.4, -0.2) is 172 Å². The summed E-state index contributed by atoms with van der Waals surface area (Å²) in [6.07, 6.45) is 19.7. The summed E-state index contributed by atoms with van der Waals surface area (Å²) >= 11 is 0. The number of nitrogens with one attached hydrogen (secondary N) is 8. The molecule has 1 aromatic heterocycles. The normalized spacial score (nSPS) is 16.2. The predicted octanol–water partition coefficient (Wildman–Crippen LogP) is 12.0. The summed E-state index contributed by atoms with van der Waals surface area (Å²) in [7, 11) is -8.91. The Balaban J connectivity index is 0.873. The molecule has 32 heteroatoms. The fraction of sp³-hybridized carbons (Fsp3) is 0.470. The number of phenols is 1. The monoisotopic (exact) mass is 1850 g/mol. The second-order valence-corrected chi connectivity index (χ2v) is 39.1. The summed E-state index contributed by atoms with van der Waals surface area (Å²) in [5, 5.41) is 68.2. The number of aliphatic carboxylic acids is 1. The second-order valence-electron chi connectivity index (χ2n) is 36.3. The molecule has 2 aliphatic carbocycles. The van der Waals surface area contributed by atoms with E-state index in [0.29, 0.717) is 73.0 Å². The lowest BCUT2D eigenvalue weighted by atomic mass is 9.80. The van der Waals surface area contributed by atoms with Crippen LogP contribution in [0.5, 0.6) is 5.75 Å². The highest BCUT2D eigenvalue weighted by atomic mass is 32.2. The van der Waals surface area contributed by atoms with Crippen molar-refractivity contribution in [3.63, 3.8) is 0 Å². The van der Waals surface area contributed by atoms with Crippen LogP contribution >= 0.6 is 0 Å². The largest absolute Gasteiger partial charge is 0.508 e. The quantitative estimate of drug-likeness (QED) is 0.00554. The topological polar surface area (TPSA) is 501 Å². The van der Waals surface area contributed by atoms with Gasteiger partial charge >= 0.3 is 5.97 Å². The Morgan fingerprint density at radius 2 is 1.23 bits per heavy atom. The number of phenolic OH excluding ortho intramolecular Hbond substituents is 1. The number of hydrogen-bond donors (Lipinski definition) is 15. The molecule has 9 atom stereocenters. The van der Waals surface area contributed by atoms with Crippen molar-refractivity contribution in [2.24, 2.45) is 41.2 Å². The molecule has 0 bridgehead atoms. The Morgan fingerprint density at radius 3 is 1.89 bits per heavy atom. The average Bonchev–Trinajstić information content (AvgIpc) is 1.58.